The van der Waals surface area contributed by atoms with Gasteiger partial charge in [0.15, 0.2) is 0 Å². The van der Waals surface area contributed by atoms with Gasteiger partial charge in [-0.3, -0.25) is 0 Å². The number of benzene rings is 2. The average Bonchev–Trinajstić information content (AvgIpc) is 2.32. The molecule has 0 heterocycles. The van der Waals surface area contributed by atoms with E-state index in [9.17, 15) is 0 Å². The molecule has 18 heavy (non-hydrogen) atoms. The molecule has 0 aliphatic heterocycles. The van der Waals surface area contributed by atoms with E-state index in [0.29, 0.717) is 0 Å². The van der Waals surface area contributed by atoms with Crippen LogP contribution in [0.25, 0.3) is 0 Å². The summed E-state index contributed by atoms with van der Waals surface area (Å²) in [5, 5.41) is 0.755. The highest BCUT2D eigenvalue weighted by atomic mass is 79.9. The topological polar surface area (TPSA) is 26.0 Å². The van der Waals surface area contributed by atoms with Gasteiger partial charge in [0.25, 0.3) is 0 Å². The van der Waals surface area contributed by atoms with Gasteiger partial charge in [-0.1, -0.05) is 45.7 Å². The quantitative estimate of drug-likeness (QED) is 0.873. The van der Waals surface area contributed by atoms with E-state index in [4.69, 9.17) is 17.3 Å². The summed E-state index contributed by atoms with van der Waals surface area (Å²) in [5.74, 6) is 0. The Kier molecular flexibility index (Phi) is 4.44. The fourth-order valence-electron chi connectivity index (χ4n) is 2.04. The first kappa shape index (κ1) is 13.6. The second-order valence-corrected chi connectivity index (χ2v) is 5.79. The lowest BCUT2D eigenvalue weighted by Crippen LogP contribution is -2.14. The molecule has 2 aromatic rings. The Bertz CT molecular complexity index is 554. The van der Waals surface area contributed by atoms with E-state index < -0.39 is 0 Å². The fourth-order valence-corrected chi connectivity index (χ4v) is 2.63. The van der Waals surface area contributed by atoms with Crippen molar-refractivity contribution in [3.63, 3.8) is 0 Å². The van der Waals surface area contributed by atoms with Crippen molar-refractivity contribution in [3.8, 4) is 0 Å². The zero-order valence-electron chi connectivity index (χ0n) is 10.2. The smallest absolute Gasteiger partial charge is 0.0408 e. The van der Waals surface area contributed by atoms with Gasteiger partial charge in [0, 0.05) is 15.5 Å². The van der Waals surface area contributed by atoms with Crippen molar-refractivity contribution in [1.82, 2.24) is 0 Å². The molecule has 0 saturated heterocycles. The maximum atomic E-state index is 6.28. The maximum Gasteiger partial charge on any atom is 0.0408 e. The standard InChI is InChI=1S/C15H15BrClN/c1-10-5-6-12(16)9-14(10)15(18)8-11-3-2-4-13(17)7-11/h2-7,9,15H,8,18H2,1H3. The molecule has 2 rings (SSSR count). The van der Waals surface area contributed by atoms with Crippen LogP contribution in [0.3, 0.4) is 0 Å². The zero-order valence-corrected chi connectivity index (χ0v) is 12.5. The van der Waals surface area contributed by atoms with Gasteiger partial charge in [0.05, 0.1) is 0 Å². The zero-order chi connectivity index (χ0) is 13.1. The van der Waals surface area contributed by atoms with Crippen LogP contribution in [0.2, 0.25) is 5.02 Å². The number of aryl methyl sites for hydroxylation is 1. The summed E-state index contributed by atoms with van der Waals surface area (Å²) in [4.78, 5) is 0. The minimum absolute atomic E-state index is 0.0130. The normalized spacial score (nSPS) is 12.4. The maximum absolute atomic E-state index is 6.28. The van der Waals surface area contributed by atoms with Crippen molar-refractivity contribution in [2.24, 2.45) is 5.73 Å². The lowest BCUT2D eigenvalue weighted by molar-refractivity contribution is 0.716. The van der Waals surface area contributed by atoms with Gasteiger partial charge < -0.3 is 5.73 Å². The summed E-state index contributed by atoms with van der Waals surface area (Å²) in [6, 6.07) is 14.0. The van der Waals surface area contributed by atoms with E-state index >= 15 is 0 Å². The molecule has 0 saturated carbocycles. The summed E-state index contributed by atoms with van der Waals surface area (Å²) >= 11 is 9.47. The summed E-state index contributed by atoms with van der Waals surface area (Å²) in [7, 11) is 0. The first-order chi connectivity index (χ1) is 8.56. The largest absolute Gasteiger partial charge is 0.324 e. The summed E-state index contributed by atoms with van der Waals surface area (Å²) < 4.78 is 1.06. The van der Waals surface area contributed by atoms with Gasteiger partial charge >= 0.3 is 0 Å². The molecule has 0 radical (unpaired) electrons. The molecule has 0 aromatic heterocycles. The molecular weight excluding hydrogens is 310 g/mol. The van der Waals surface area contributed by atoms with Crippen molar-refractivity contribution in [1.29, 1.82) is 0 Å². The molecule has 2 aromatic carbocycles. The molecule has 2 N–H and O–H groups in total. The first-order valence-electron chi connectivity index (χ1n) is 5.82. The minimum atomic E-state index is -0.0130. The Labute approximate surface area is 121 Å². The highest BCUT2D eigenvalue weighted by Crippen LogP contribution is 2.24. The number of halogens is 2. The third-order valence-corrected chi connectivity index (χ3v) is 3.71. The van der Waals surface area contributed by atoms with Crippen molar-refractivity contribution >= 4 is 27.5 Å². The SMILES string of the molecule is Cc1ccc(Br)cc1C(N)Cc1cccc(Cl)c1. The predicted octanol–water partition coefficient (Wildman–Crippen LogP) is 4.65. The number of hydrogen-bond acceptors (Lipinski definition) is 1. The molecule has 0 aliphatic rings. The molecule has 94 valence electrons. The molecular formula is C15H15BrClN. The van der Waals surface area contributed by atoms with Gasteiger partial charge in [-0.15, -0.1) is 0 Å². The Hall–Kier alpha value is -0.830. The highest BCUT2D eigenvalue weighted by molar-refractivity contribution is 9.10. The monoisotopic (exact) mass is 323 g/mol. The van der Waals surface area contributed by atoms with Gasteiger partial charge in [-0.05, 0) is 54.3 Å². The van der Waals surface area contributed by atoms with E-state index in [1.54, 1.807) is 0 Å². The number of rotatable bonds is 3. The lowest BCUT2D eigenvalue weighted by Gasteiger charge is -2.15. The minimum Gasteiger partial charge on any atom is -0.324 e. The fraction of sp³-hybridized carbons (Fsp3) is 0.200. The van der Waals surface area contributed by atoms with Crippen LogP contribution in [0.1, 0.15) is 22.7 Å². The summed E-state index contributed by atoms with van der Waals surface area (Å²) in [5.41, 5.74) is 9.83. The van der Waals surface area contributed by atoms with Gasteiger partial charge in [-0.2, -0.15) is 0 Å². The van der Waals surface area contributed by atoms with Crippen LogP contribution in [0.4, 0.5) is 0 Å². The van der Waals surface area contributed by atoms with Crippen LogP contribution in [-0.4, -0.2) is 0 Å². The molecule has 0 fully saturated rings. The lowest BCUT2D eigenvalue weighted by atomic mass is 9.96. The van der Waals surface area contributed by atoms with E-state index in [-0.39, 0.29) is 6.04 Å². The van der Waals surface area contributed by atoms with E-state index in [1.165, 1.54) is 11.1 Å². The van der Waals surface area contributed by atoms with Crippen LogP contribution in [0.15, 0.2) is 46.9 Å². The third-order valence-electron chi connectivity index (χ3n) is 2.99. The first-order valence-corrected chi connectivity index (χ1v) is 6.99. The van der Waals surface area contributed by atoms with E-state index in [2.05, 4.69) is 41.1 Å². The Balaban J connectivity index is 2.21. The summed E-state index contributed by atoms with van der Waals surface area (Å²) in [6.07, 6.45) is 0.790. The van der Waals surface area contributed by atoms with Crippen LogP contribution in [0, 0.1) is 6.92 Å². The molecule has 0 bridgehead atoms. The van der Waals surface area contributed by atoms with Gasteiger partial charge in [0.1, 0.15) is 0 Å². The van der Waals surface area contributed by atoms with E-state index in [0.717, 1.165) is 21.5 Å². The molecule has 1 atom stereocenters. The van der Waals surface area contributed by atoms with Gasteiger partial charge in [-0.25, -0.2) is 0 Å². The third kappa shape index (κ3) is 3.35. The van der Waals surface area contributed by atoms with Crippen LogP contribution >= 0.6 is 27.5 Å². The summed E-state index contributed by atoms with van der Waals surface area (Å²) in [6.45, 7) is 2.08. The van der Waals surface area contributed by atoms with Crippen molar-refractivity contribution in [2.45, 2.75) is 19.4 Å². The Morgan fingerprint density at radius 1 is 1.22 bits per heavy atom. The second kappa shape index (κ2) is 5.87. The average molecular weight is 325 g/mol. The second-order valence-electron chi connectivity index (χ2n) is 4.44. The Morgan fingerprint density at radius 2 is 2.00 bits per heavy atom. The van der Waals surface area contributed by atoms with Crippen molar-refractivity contribution < 1.29 is 0 Å². The van der Waals surface area contributed by atoms with Crippen LogP contribution < -0.4 is 5.73 Å². The Morgan fingerprint density at radius 3 is 2.72 bits per heavy atom. The van der Waals surface area contributed by atoms with Crippen molar-refractivity contribution in [3.05, 3.63) is 68.7 Å². The molecule has 0 spiro atoms. The number of hydrogen-bond donors (Lipinski definition) is 1. The van der Waals surface area contributed by atoms with Crippen LogP contribution in [-0.2, 0) is 6.42 Å². The highest BCUT2D eigenvalue weighted by Gasteiger charge is 2.10. The molecule has 3 heteroatoms. The molecule has 1 nitrogen and oxygen atoms in total. The molecule has 1 unspecified atom stereocenters. The molecule has 0 amide bonds. The van der Waals surface area contributed by atoms with Crippen molar-refractivity contribution in [2.75, 3.05) is 0 Å². The van der Waals surface area contributed by atoms with Crippen LogP contribution in [0.5, 0.6) is 0 Å². The van der Waals surface area contributed by atoms with E-state index in [1.807, 2.05) is 24.3 Å². The molecule has 0 aliphatic carbocycles. The van der Waals surface area contributed by atoms with Gasteiger partial charge in [0.2, 0.25) is 0 Å². The predicted molar refractivity (Wildman–Crippen MR) is 81.0 cm³/mol. The number of nitrogens with two attached hydrogens (primary N) is 1.